The zero-order valence-corrected chi connectivity index (χ0v) is 19.9. The molecule has 3 rings (SSSR count). The average Bonchev–Trinajstić information content (AvgIpc) is 3.12. The van der Waals surface area contributed by atoms with E-state index in [0.717, 1.165) is 19.3 Å². The number of fused-ring (bicyclic) bond motifs is 1. The van der Waals surface area contributed by atoms with Crippen molar-refractivity contribution in [2.24, 2.45) is 4.99 Å². The second-order valence-corrected chi connectivity index (χ2v) is 7.81. The van der Waals surface area contributed by atoms with Crippen LogP contribution in [0, 0.1) is 0 Å². The summed E-state index contributed by atoms with van der Waals surface area (Å²) in [6.07, 6.45) is 3.77. The lowest BCUT2D eigenvalue weighted by atomic mass is 9.88. The minimum atomic E-state index is -0.540. The quantitative estimate of drug-likeness (QED) is 0.344. The fourth-order valence-corrected chi connectivity index (χ4v) is 3.56. The third kappa shape index (κ3) is 7.11. The summed E-state index contributed by atoms with van der Waals surface area (Å²) in [6, 6.07) is 8.88. The predicted octanol–water partition coefficient (Wildman–Crippen LogP) is 1.94. The normalized spacial score (nSPS) is 20.4. The minimum Gasteiger partial charge on any atom is -0.356 e. The zero-order valence-electron chi connectivity index (χ0n) is 17.6. The highest BCUT2D eigenvalue weighted by molar-refractivity contribution is 14.0. The maximum atomic E-state index is 12.0. The van der Waals surface area contributed by atoms with Crippen molar-refractivity contribution in [2.45, 2.75) is 44.4 Å². The minimum absolute atomic E-state index is 0. The molecule has 162 valence electrons. The Morgan fingerprint density at radius 3 is 2.62 bits per heavy atom. The van der Waals surface area contributed by atoms with Crippen molar-refractivity contribution >= 4 is 35.8 Å². The summed E-state index contributed by atoms with van der Waals surface area (Å²) in [5.41, 5.74) is 2.81. The number of rotatable bonds is 6. The van der Waals surface area contributed by atoms with E-state index < -0.39 is 5.79 Å². The van der Waals surface area contributed by atoms with Gasteiger partial charge in [-0.3, -0.25) is 4.79 Å². The van der Waals surface area contributed by atoms with Crippen molar-refractivity contribution in [1.82, 2.24) is 15.5 Å². The molecule has 1 aliphatic carbocycles. The molecule has 8 heteroatoms. The van der Waals surface area contributed by atoms with E-state index in [-0.39, 0.29) is 36.4 Å². The van der Waals surface area contributed by atoms with Crippen molar-refractivity contribution in [3.05, 3.63) is 35.4 Å². The second-order valence-electron chi connectivity index (χ2n) is 7.81. The molecule has 0 aromatic heterocycles. The largest absolute Gasteiger partial charge is 0.356 e. The molecule has 29 heavy (non-hydrogen) atoms. The highest BCUT2D eigenvalue weighted by atomic mass is 127. The molecule has 1 heterocycles. The van der Waals surface area contributed by atoms with Crippen LogP contribution in [0.5, 0.6) is 0 Å². The number of guanidine groups is 1. The molecule has 0 radical (unpaired) electrons. The van der Waals surface area contributed by atoms with Crippen LogP contribution in [0.1, 0.15) is 30.9 Å². The molecule has 1 aliphatic heterocycles. The number of halogens is 1. The van der Waals surface area contributed by atoms with Gasteiger partial charge in [-0.2, -0.15) is 0 Å². The first kappa shape index (κ1) is 23.9. The van der Waals surface area contributed by atoms with Gasteiger partial charge in [-0.15, -0.1) is 24.0 Å². The summed E-state index contributed by atoms with van der Waals surface area (Å²) in [4.78, 5) is 18.0. The molecular formula is C21H33IN4O3. The lowest BCUT2D eigenvalue weighted by Crippen LogP contribution is -2.47. The van der Waals surface area contributed by atoms with Gasteiger partial charge >= 0.3 is 0 Å². The van der Waals surface area contributed by atoms with Crippen LogP contribution in [-0.2, 0) is 27.1 Å². The van der Waals surface area contributed by atoms with Gasteiger partial charge in [0.15, 0.2) is 11.7 Å². The number of nitrogens with zero attached hydrogens (tertiary/aromatic N) is 2. The topological polar surface area (TPSA) is 75.2 Å². The average molecular weight is 516 g/mol. The molecule has 1 fully saturated rings. The van der Waals surface area contributed by atoms with E-state index in [4.69, 9.17) is 9.47 Å². The maximum absolute atomic E-state index is 12.0. The Kier molecular flexibility index (Phi) is 9.16. The number of likely N-dealkylation sites (N-methyl/N-ethyl adjacent to an activating group) is 1. The van der Waals surface area contributed by atoms with Crippen LogP contribution in [-0.4, -0.2) is 69.0 Å². The molecule has 0 spiro atoms. The van der Waals surface area contributed by atoms with E-state index >= 15 is 0 Å². The summed E-state index contributed by atoms with van der Waals surface area (Å²) in [5, 5.41) is 6.86. The Hall–Kier alpha value is -1.39. The molecule has 1 unspecified atom stereocenters. The molecule has 1 aromatic carbocycles. The summed E-state index contributed by atoms with van der Waals surface area (Å²) in [5.74, 6) is 0.104. The number of carbonyl (C=O) groups is 1. The van der Waals surface area contributed by atoms with Gasteiger partial charge in [-0.05, 0) is 37.3 Å². The molecule has 1 atom stereocenters. The van der Waals surface area contributed by atoms with E-state index in [1.54, 1.807) is 19.0 Å². The third-order valence-corrected chi connectivity index (χ3v) is 5.33. The second kappa shape index (κ2) is 11.1. The molecule has 1 saturated heterocycles. The lowest BCUT2D eigenvalue weighted by molar-refractivity contribution is -0.145. The van der Waals surface area contributed by atoms with Gasteiger partial charge in [0.2, 0.25) is 5.91 Å². The van der Waals surface area contributed by atoms with Gasteiger partial charge in [-0.25, -0.2) is 4.99 Å². The monoisotopic (exact) mass is 516 g/mol. The third-order valence-electron chi connectivity index (χ3n) is 5.33. The van der Waals surface area contributed by atoms with Crippen molar-refractivity contribution in [3.63, 3.8) is 0 Å². The summed E-state index contributed by atoms with van der Waals surface area (Å²) >= 11 is 0. The van der Waals surface area contributed by atoms with Crippen molar-refractivity contribution in [2.75, 3.05) is 40.4 Å². The lowest BCUT2D eigenvalue weighted by Gasteiger charge is -2.28. The first-order valence-corrected chi connectivity index (χ1v) is 10.0. The van der Waals surface area contributed by atoms with E-state index in [1.165, 1.54) is 11.1 Å². The van der Waals surface area contributed by atoms with Gasteiger partial charge in [0, 0.05) is 33.1 Å². The maximum Gasteiger partial charge on any atom is 0.243 e. The van der Waals surface area contributed by atoms with Gasteiger partial charge in [0.05, 0.1) is 13.2 Å². The van der Waals surface area contributed by atoms with Crippen molar-refractivity contribution < 1.29 is 14.3 Å². The Morgan fingerprint density at radius 1 is 1.24 bits per heavy atom. The van der Waals surface area contributed by atoms with E-state index in [9.17, 15) is 4.79 Å². The summed E-state index contributed by atoms with van der Waals surface area (Å²) in [6.45, 7) is 4.00. The van der Waals surface area contributed by atoms with Crippen LogP contribution in [0.15, 0.2) is 29.3 Å². The van der Waals surface area contributed by atoms with E-state index in [0.29, 0.717) is 38.2 Å². The fraction of sp³-hybridized carbons (Fsp3) is 0.619. The summed E-state index contributed by atoms with van der Waals surface area (Å²) < 4.78 is 11.3. The number of amides is 1. The molecular weight excluding hydrogens is 483 g/mol. The Bertz CT molecular complexity index is 705. The molecule has 2 N–H and O–H groups in total. The summed E-state index contributed by atoms with van der Waals surface area (Å²) in [7, 11) is 3.48. The Labute approximate surface area is 190 Å². The standard InChI is InChI=1S/C21H32N4O3.HI/c1-21(27-12-13-28-21)10-11-22-20(23-15-19(26)25(2)3)24-18-9-8-16-6-4-5-7-17(16)14-18;/h4-7,18H,8-15H2,1-3H3,(H2,22,23,24);1H. The van der Waals surface area contributed by atoms with E-state index in [2.05, 4.69) is 39.9 Å². The zero-order chi connectivity index (χ0) is 20.0. The highest BCUT2D eigenvalue weighted by Gasteiger charge is 2.30. The molecule has 0 bridgehead atoms. The van der Waals surface area contributed by atoms with Gasteiger partial charge < -0.3 is 25.0 Å². The van der Waals surface area contributed by atoms with Gasteiger partial charge in [-0.1, -0.05) is 24.3 Å². The Morgan fingerprint density at radius 2 is 1.93 bits per heavy atom. The first-order valence-electron chi connectivity index (χ1n) is 10.0. The molecule has 1 aromatic rings. The number of hydrogen-bond donors (Lipinski definition) is 2. The van der Waals surface area contributed by atoms with Crippen LogP contribution in [0.25, 0.3) is 0 Å². The van der Waals surface area contributed by atoms with Crippen LogP contribution in [0.4, 0.5) is 0 Å². The molecule has 7 nitrogen and oxygen atoms in total. The molecule has 0 saturated carbocycles. The van der Waals surface area contributed by atoms with Crippen LogP contribution < -0.4 is 10.6 Å². The highest BCUT2D eigenvalue weighted by Crippen LogP contribution is 2.22. The molecule has 2 aliphatic rings. The van der Waals surface area contributed by atoms with E-state index in [1.807, 2.05) is 6.92 Å². The number of ether oxygens (including phenoxy) is 2. The number of nitrogens with one attached hydrogen (secondary N) is 2. The number of hydrogen-bond acceptors (Lipinski definition) is 4. The number of carbonyl (C=O) groups excluding carboxylic acids is 1. The number of aliphatic imine (C=N–C) groups is 1. The van der Waals surface area contributed by atoms with Gasteiger partial charge in [0.1, 0.15) is 6.54 Å². The SMILES string of the molecule is CN(C)C(=O)CN=C(NCCC1(C)OCCO1)NC1CCc2ccccc2C1.I. The smallest absolute Gasteiger partial charge is 0.243 e. The number of aryl methyl sites for hydroxylation is 1. The Balaban J connectivity index is 0.00000300. The van der Waals surface area contributed by atoms with Crippen molar-refractivity contribution in [3.8, 4) is 0 Å². The van der Waals surface area contributed by atoms with Crippen LogP contribution in [0.3, 0.4) is 0 Å². The van der Waals surface area contributed by atoms with Gasteiger partial charge in [0.25, 0.3) is 0 Å². The van der Waals surface area contributed by atoms with Crippen LogP contribution in [0.2, 0.25) is 0 Å². The van der Waals surface area contributed by atoms with Crippen LogP contribution >= 0.6 is 24.0 Å². The number of benzene rings is 1. The first-order chi connectivity index (χ1) is 13.5. The molecule has 1 amide bonds. The fourth-order valence-electron chi connectivity index (χ4n) is 3.56. The predicted molar refractivity (Wildman–Crippen MR) is 125 cm³/mol. The van der Waals surface area contributed by atoms with Crippen molar-refractivity contribution in [1.29, 1.82) is 0 Å².